The fraction of sp³-hybridized carbons (Fsp3) is 0.400. The molecule has 2 aromatic rings. The van der Waals surface area contributed by atoms with Crippen molar-refractivity contribution in [1.29, 1.82) is 0 Å². The van der Waals surface area contributed by atoms with Crippen LogP contribution in [-0.2, 0) is 6.54 Å². The lowest BCUT2D eigenvalue weighted by Gasteiger charge is -2.22. The Morgan fingerprint density at radius 3 is 2.90 bits per heavy atom. The summed E-state index contributed by atoms with van der Waals surface area (Å²) in [5.74, 6) is 1.24. The number of ether oxygens (including phenoxy) is 1. The number of nitrogens with two attached hydrogens (primary N) is 1. The van der Waals surface area contributed by atoms with E-state index in [1.807, 2.05) is 25.3 Å². The molecular formula is C15H21N5O. The van der Waals surface area contributed by atoms with Crippen molar-refractivity contribution in [3.05, 3.63) is 42.4 Å². The third-order valence-electron chi connectivity index (χ3n) is 2.92. The van der Waals surface area contributed by atoms with E-state index in [4.69, 9.17) is 10.5 Å². The predicted octanol–water partition coefficient (Wildman–Crippen LogP) is 1.63. The van der Waals surface area contributed by atoms with Crippen LogP contribution in [-0.4, -0.2) is 34.6 Å². The second-order valence-corrected chi connectivity index (χ2v) is 4.55. The van der Waals surface area contributed by atoms with E-state index in [0.717, 1.165) is 18.5 Å². The zero-order chi connectivity index (χ0) is 14.9. The van der Waals surface area contributed by atoms with Crippen LogP contribution in [0.15, 0.2) is 36.8 Å². The quantitative estimate of drug-likeness (QED) is 0.795. The Morgan fingerprint density at radius 1 is 1.29 bits per heavy atom. The number of anilines is 1. The van der Waals surface area contributed by atoms with Crippen LogP contribution in [0.3, 0.4) is 0 Å². The van der Waals surface area contributed by atoms with Crippen molar-refractivity contribution in [1.82, 2.24) is 15.0 Å². The van der Waals surface area contributed by atoms with Gasteiger partial charge in [-0.25, -0.2) is 4.98 Å². The van der Waals surface area contributed by atoms with Crippen molar-refractivity contribution in [2.45, 2.75) is 19.9 Å². The summed E-state index contributed by atoms with van der Waals surface area (Å²) in [5.41, 5.74) is 6.73. The second kappa shape index (κ2) is 8.16. The molecule has 0 aliphatic rings. The first kappa shape index (κ1) is 15.2. The van der Waals surface area contributed by atoms with Crippen LogP contribution in [0.4, 0.5) is 5.95 Å². The standard InChI is InChI=1S/C15H21N5O/c1-2-21-14-6-9-18-15(19-14)20(10-4-7-16)12-13-5-3-8-17-11-13/h3,5-6,8-9,11H,2,4,7,10,12,16H2,1H3. The van der Waals surface area contributed by atoms with E-state index in [1.165, 1.54) is 0 Å². The summed E-state index contributed by atoms with van der Waals surface area (Å²) < 4.78 is 5.44. The number of hydrogen-bond donors (Lipinski definition) is 1. The van der Waals surface area contributed by atoms with E-state index in [1.54, 1.807) is 18.5 Å². The van der Waals surface area contributed by atoms with Gasteiger partial charge in [-0.05, 0) is 31.5 Å². The largest absolute Gasteiger partial charge is 0.478 e. The van der Waals surface area contributed by atoms with Gasteiger partial charge in [0.1, 0.15) is 0 Å². The van der Waals surface area contributed by atoms with Gasteiger partial charge in [0.25, 0.3) is 0 Å². The molecule has 0 unspecified atom stereocenters. The van der Waals surface area contributed by atoms with Crippen LogP contribution in [0.25, 0.3) is 0 Å². The summed E-state index contributed by atoms with van der Waals surface area (Å²) in [6.45, 7) is 4.64. The van der Waals surface area contributed by atoms with Gasteiger partial charge in [-0.2, -0.15) is 4.98 Å². The minimum atomic E-state index is 0.585. The maximum atomic E-state index is 5.62. The van der Waals surface area contributed by atoms with Gasteiger partial charge in [-0.3, -0.25) is 4.98 Å². The first-order valence-electron chi connectivity index (χ1n) is 7.13. The van der Waals surface area contributed by atoms with Crippen LogP contribution in [0.1, 0.15) is 18.9 Å². The van der Waals surface area contributed by atoms with E-state index >= 15 is 0 Å². The van der Waals surface area contributed by atoms with Gasteiger partial charge in [-0.1, -0.05) is 6.07 Å². The SMILES string of the molecule is CCOc1ccnc(N(CCCN)Cc2cccnc2)n1. The third-order valence-corrected chi connectivity index (χ3v) is 2.92. The summed E-state index contributed by atoms with van der Waals surface area (Å²) in [7, 11) is 0. The van der Waals surface area contributed by atoms with E-state index in [0.29, 0.717) is 31.5 Å². The maximum absolute atomic E-state index is 5.62. The molecule has 0 atom stereocenters. The van der Waals surface area contributed by atoms with Gasteiger partial charge in [-0.15, -0.1) is 0 Å². The Hall–Kier alpha value is -2.21. The van der Waals surface area contributed by atoms with Gasteiger partial charge in [0.05, 0.1) is 6.61 Å². The lowest BCUT2D eigenvalue weighted by atomic mass is 10.2. The van der Waals surface area contributed by atoms with E-state index < -0.39 is 0 Å². The minimum Gasteiger partial charge on any atom is -0.478 e. The van der Waals surface area contributed by atoms with Crippen LogP contribution in [0, 0.1) is 0 Å². The molecule has 0 aliphatic heterocycles. The van der Waals surface area contributed by atoms with Gasteiger partial charge in [0.2, 0.25) is 11.8 Å². The van der Waals surface area contributed by atoms with E-state index in [-0.39, 0.29) is 0 Å². The smallest absolute Gasteiger partial charge is 0.228 e. The highest BCUT2D eigenvalue weighted by Gasteiger charge is 2.11. The molecule has 0 saturated heterocycles. The molecular weight excluding hydrogens is 266 g/mol. The predicted molar refractivity (Wildman–Crippen MR) is 82.2 cm³/mol. The highest BCUT2D eigenvalue weighted by molar-refractivity contribution is 5.33. The lowest BCUT2D eigenvalue weighted by Crippen LogP contribution is -2.27. The Balaban J connectivity index is 2.16. The molecule has 2 N–H and O–H groups in total. The molecule has 0 fully saturated rings. The Morgan fingerprint density at radius 2 is 2.19 bits per heavy atom. The zero-order valence-corrected chi connectivity index (χ0v) is 12.3. The molecule has 0 bridgehead atoms. The van der Waals surface area contributed by atoms with E-state index in [2.05, 4.69) is 19.9 Å². The monoisotopic (exact) mass is 287 g/mol. The van der Waals surface area contributed by atoms with Crippen LogP contribution in [0.5, 0.6) is 5.88 Å². The molecule has 0 aliphatic carbocycles. The molecule has 0 amide bonds. The normalized spacial score (nSPS) is 10.4. The average Bonchev–Trinajstić information content (AvgIpc) is 2.53. The van der Waals surface area contributed by atoms with Gasteiger partial charge >= 0.3 is 0 Å². The fourth-order valence-electron chi connectivity index (χ4n) is 1.96. The van der Waals surface area contributed by atoms with Crippen LogP contribution < -0.4 is 15.4 Å². The molecule has 6 heteroatoms. The number of nitrogens with zero attached hydrogens (tertiary/aromatic N) is 4. The van der Waals surface area contributed by atoms with Crippen LogP contribution >= 0.6 is 0 Å². The summed E-state index contributed by atoms with van der Waals surface area (Å²) in [6.07, 6.45) is 6.20. The zero-order valence-electron chi connectivity index (χ0n) is 12.3. The second-order valence-electron chi connectivity index (χ2n) is 4.55. The highest BCUT2D eigenvalue weighted by atomic mass is 16.5. The number of hydrogen-bond acceptors (Lipinski definition) is 6. The van der Waals surface area contributed by atoms with Crippen molar-refractivity contribution in [2.75, 3.05) is 24.6 Å². The molecule has 0 radical (unpaired) electrons. The summed E-state index contributed by atoms with van der Waals surface area (Å²) in [5, 5.41) is 0. The van der Waals surface area contributed by atoms with Crippen LogP contribution in [0.2, 0.25) is 0 Å². The van der Waals surface area contributed by atoms with Gasteiger partial charge in [0.15, 0.2) is 0 Å². The minimum absolute atomic E-state index is 0.585. The van der Waals surface area contributed by atoms with Crippen molar-refractivity contribution in [2.24, 2.45) is 5.73 Å². The molecule has 21 heavy (non-hydrogen) atoms. The van der Waals surface area contributed by atoms with Gasteiger partial charge < -0.3 is 15.4 Å². The molecule has 0 spiro atoms. The van der Waals surface area contributed by atoms with Crippen molar-refractivity contribution in [3.63, 3.8) is 0 Å². The molecule has 2 heterocycles. The van der Waals surface area contributed by atoms with Crippen molar-refractivity contribution < 1.29 is 4.74 Å². The fourth-order valence-corrected chi connectivity index (χ4v) is 1.96. The molecule has 0 saturated carbocycles. The highest BCUT2D eigenvalue weighted by Crippen LogP contribution is 2.15. The molecule has 112 valence electrons. The Kier molecular flexibility index (Phi) is 5.90. The molecule has 0 aromatic carbocycles. The van der Waals surface area contributed by atoms with E-state index in [9.17, 15) is 0 Å². The summed E-state index contributed by atoms with van der Waals surface area (Å²) in [6, 6.07) is 5.72. The Bertz CT molecular complexity index is 535. The maximum Gasteiger partial charge on any atom is 0.228 e. The Labute approximate surface area is 125 Å². The number of aromatic nitrogens is 3. The first-order valence-corrected chi connectivity index (χ1v) is 7.13. The van der Waals surface area contributed by atoms with Crippen molar-refractivity contribution >= 4 is 5.95 Å². The first-order chi connectivity index (χ1) is 10.3. The van der Waals surface area contributed by atoms with Gasteiger partial charge in [0, 0.05) is 37.7 Å². The number of pyridine rings is 1. The summed E-state index contributed by atoms with van der Waals surface area (Å²) >= 11 is 0. The summed E-state index contributed by atoms with van der Waals surface area (Å²) in [4.78, 5) is 15.0. The number of rotatable bonds is 8. The average molecular weight is 287 g/mol. The topological polar surface area (TPSA) is 77.2 Å². The lowest BCUT2D eigenvalue weighted by molar-refractivity contribution is 0.326. The van der Waals surface area contributed by atoms with Crippen molar-refractivity contribution in [3.8, 4) is 5.88 Å². The molecule has 2 aromatic heterocycles. The molecule has 2 rings (SSSR count). The molecule has 6 nitrogen and oxygen atoms in total. The third kappa shape index (κ3) is 4.68.